The number of allylic oxidation sites excluding steroid dienone is 1. The lowest BCUT2D eigenvalue weighted by molar-refractivity contribution is 0.0342. The van der Waals surface area contributed by atoms with Crippen molar-refractivity contribution in [1.29, 1.82) is 0 Å². The number of carbonyl (C=O) groups is 1. The minimum Gasteiger partial charge on any atom is -0.379 e. The van der Waals surface area contributed by atoms with Crippen LogP contribution in [-0.2, 0) is 11.3 Å². The molecule has 3 rings (SSSR count). The molecule has 2 N–H and O–H groups in total. The van der Waals surface area contributed by atoms with Crippen molar-refractivity contribution in [3.63, 3.8) is 0 Å². The quantitative estimate of drug-likeness (QED) is 0.866. The van der Waals surface area contributed by atoms with E-state index >= 15 is 0 Å². The second kappa shape index (κ2) is 9.00. The van der Waals surface area contributed by atoms with Crippen LogP contribution in [0.1, 0.15) is 27.0 Å². The summed E-state index contributed by atoms with van der Waals surface area (Å²) in [5.74, 6) is 5.48. The largest absolute Gasteiger partial charge is 0.379 e. The van der Waals surface area contributed by atoms with E-state index in [1.807, 2.05) is 12.1 Å². The van der Waals surface area contributed by atoms with Crippen LogP contribution in [0.3, 0.4) is 0 Å². The van der Waals surface area contributed by atoms with Gasteiger partial charge >= 0.3 is 0 Å². The van der Waals surface area contributed by atoms with Crippen LogP contribution < -0.4 is 5.73 Å². The molecule has 4 heteroatoms. The lowest BCUT2D eigenvalue weighted by Gasteiger charge is -2.26. The lowest BCUT2D eigenvalue weighted by atomic mass is 10.1. The second-order valence-electron chi connectivity index (χ2n) is 6.14. The molecular weight excluding hydrogens is 324 g/mol. The summed E-state index contributed by atoms with van der Waals surface area (Å²) >= 11 is 0. The third kappa shape index (κ3) is 5.06. The first-order valence-corrected chi connectivity index (χ1v) is 8.68. The Kier molecular flexibility index (Phi) is 6.21. The maximum Gasteiger partial charge on any atom is 0.249 e. The van der Waals surface area contributed by atoms with Crippen LogP contribution in [0.4, 0.5) is 0 Å². The number of rotatable bonds is 4. The fourth-order valence-corrected chi connectivity index (χ4v) is 2.82. The molecule has 1 saturated heterocycles. The van der Waals surface area contributed by atoms with E-state index in [9.17, 15) is 4.79 Å². The summed E-state index contributed by atoms with van der Waals surface area (Å²) in [5.41, 5.74) is 8.83. The fraction of sp³-hybridized carbons (Fsp3) is 0.227. The minimum atomic E-state index is -0.463. The van der Waals surface area contributed by atoms with Crippen molar-refractivity contribution in [3.8, 4) is 11.8 Å². The molecule has 2 aromatic rings. The van der Waals surface area contributed by atoms with Crippen molar-refractivity contribution in [1.82, 2.24) is 4.90 Å². The van der Waals surface area contributed by atoms with Crippen LogP contribution in [-0.4, -0.2) is 37.1 Å². The Bertz CT molecular complexity index is 838. The molecule has 0 unspecified atom stereocenters. The molecule has 26 heavy (non-hydrogen) atoms. The first-order chi connectivity index (χ1) is 12.7. The predicted octanol–water partition coefficient (Wildman–Crippen LogP) is 2.68. The van der Waals surface area contributed by atoms with Crippen LogP contribution in [0.2, 0.25) is 0 Å². The maximum atomic E-state index is 11.4. The van der Waals surface area contributed by atoms with Gasteiger partial charge in [0.05, 0.1) is 18.8 Å². The Morgan fingerprint density at radius 2 is 1.85 bits per heavy atom. The van der Waals surface area contributed by atoms with Crippen LogP contribution in [0.25, 0.3) is 6.08 Å². The molecule has 1 fully saturated rings. The summed E-state index contributed by atoms with van der Waals surface area (Å²) in [6, 6.07) is 15.6. The third-order valence-electron chi connectivity index (χ3n) is 4.25. The SMILES string of the molecule is NC(=O)c1ccccc1C#C/C=C/c1ccc(CN2CCOCC2)cc1. The van der Waals surface area contributed by atoms with E-state index in [1.54, 1.807) is 24.3 Å². The molecular formula is C22H22N2O2. The molecule has 0 radical (unpaired) electrons. The van der Waals surface area contributed by atoms with Gasteiger partial charge in [0.25, 0.3) is 0 Å². The Hall–Kier alpha value is -2.87. The third-order valence-corrected chi connectivity index (χ3v) is 4.25. The fourth-order valence-electron chi connectivity index (χ4n) is 2.82. The Morgan fingerprint density at radius 1 is 1.12 bits per heavy atom. The molecule has 0 aliphatic carbocycles. The van der Waals surface area contributed by atoms with Crippen molar-refractivity contribution >= 4 is 12.0 Å². The van der Waals surface area contributed by atoms with E-state index in [-0.39, 0.29) is 0 Å². The highest BCUT2D eigenvalue weighted by atomic mass is 16.5. The van der Waals surface area contributed by atoms with E-state index in [0.717, 1.165) is 38.4 Å². The molecule has 1 amide bonds. The van der Waals surface area contributed by atoms with Crippen molar-refractivity contribution in [3.05, 3.63) is 76.9 Å². The van der Waals surface area contributed by atoms with Gasteiger partial charge in [0.1, 0.15) is 0 Å². The van der Waals surface area contributed by atoms with Crippen molar-refractivity contribution in [2.45, 2.75) is 6.54 Å². The number of ether oxygens (including phenoxy) is 1. The van der Waals surface area contributed by atoms with Crippen LogP contribution in [0.5, 0.6) is 0 Å². The van der Waals surface area contributed by atoms with Gasteiger partial charge in [-0.1, -0.05) is 48.2 Å². The average molecular weight is 346 g/mol. The summed E-state index contributed by atoms with van der Waals surface area (Å²) in [4.78, 5) is 13.8. The molecule has 0 saturated carbocycles. The lowest BCUT2D eigenvalue weighted by Crippen LogP contribution is -2.35. The number of carbonyl (C=O) groups excluding carboxylic acids is 1. The smallest absolute Gasteiger partial charge is 0.249 e. The molecule has 2 aromatic carbocycles. The van der Waals surface area contributed by atoms with Gasteiger partial charge in [0.15, 0.2) is 0 Å². The van der Waals surface area contributed by atoms with E-state index in [4.69, 9.17) is 10.5 Å². The van der Waals surface area contributed by atoms with Crippen molar-refractivity contribution in [2.75, 3.05) is 26.3 Å². The topological polar surface area (TPSA) is 55.6 Å². The number of benzene rings is 2. The Morgan fingerprint density at radius 3 is 2.58 bits per heavy atom. The number of hydrogen-bond donors (Lipinski definition) is 1. The molecule has 0 aromatic heterocycles. The number of primary amides is 1. The molecule has 0 spiro atoms. The number of amides is 1. The van der Waals surface area contributed by atoms with Crippen molar-refractivity contribution < 1.29 is 9.53 Å². The summed E-state index contributed by atoms with van der Waals surface area (Å²) < 4.78 is 5.37. The van der Waals surface area contributed by atoms with Crippen LogP contribution in [0, 0.1) is 11.8 Å². The predicted molar refractivity (Wildman–Crippen MR) is 103 cm³/mol. The van der Waals surface area contributed by atoms with E-state index in [1.165, 1.54) is 5.56 Å². The Balaban J connectivity index is 1.60. The monoisotopic (exact) mass is 346 g/mol. The summed E-state index contributed by atoms with van der Waals surface area (Å²) in [5, 5.41) is 0. The molecule has 0 atom stereocenters. The number of nitrogens with zero attached hydrogens (tertiary/aromatic N) is 1. The zero-order valence-electron chi connectivity index (χ0n) is 14.7. The summed E-state index contributed by atoms with van der Waals surface area (Å²) in [6.45, 7) is 4.57. The van der Waals surface area contributed by atoms with E-state index < -0.39 is 5.91 Å². The van der Waals surface area contributed by atoms with Gasteiger partial charge in [0, 0.05) is 25.2 Å². The first-order valence-electron chi connectivity index (χ1n) is 8.68. The highest BCUT2D eigenvalue weighted by molar-refractivity contribution is 5.95. The van der Waals surface area contributed by atoms with Gasteiger partial charge in [-0.25, -0.2) is 0 Å². The van der Waals surface area contributed by atoms with Crippen molar-refractivity contribution in [2.24, 2.45) is 5.73 Å². The molecule has 1 heterocycles. The van der Waals surface area contributed by atoms with E-state index in [0.29, 0.717) is 11.1 Å². The van der Waals surface area contributed by atoms with E-state index in [2.05, 4.69) is 41.0 Å². The minimum absolute atomic E-state index is 0.445. The van der Waals surface area contributed by atoms with Gasteiger partial charge in [-0.05, 0) is 35.4 Å². The zero-order chi connectivity index (χ0) is 18.2. The van der Waals surface area contributed by atoms with Crippen LogP contribution in [0.15, 0.2) is 54.6 Å². The van der Waals surface area contributed by atoms with Gasteiger partial charge < -0.3 is 10.5 Å². The second-order valence-corrected chi connectivity index (χ2v) is 6.14. The molecule has 132 valence electrons. The molecule has 0 bridgehead atoms. The summed E-state index contributed by atoms with van der Waals surface area (Å²) in [6.07, 6.45) is 3.74. The number of nitrogens with two attached hydrogens (primary N) is 1. The summed E-state index contributed by atoms with van der Waals surface area (Å²) in [7, 11) is 0. The normalized spacial score (nSPS) is 14.8. The zero-order valence-corrected chi connectivity index (χ0v) is 14.7. The highest BCUT2D eigenvalue weighted by Gasteiger charge is 2.10. The molecule has 1 aliphatic heterocycles. The van der Waals surface area contributed by atoms with Gasteiger partial charge in [-0.3, -0.25) is 9.69 Å². The van der Waals surface area contributed by atoms with Crippen LogP contribution >= 0.6 is 0 Å². The van der Waals surface area contributed by atoms with Gasteiger partial charge in [-0.2, -0.15) is 0 Å². The maximum absolute atomic E-state index is 11.4. The Labute approximate surface area is 154 Å². The average Bonchev–Trinajstić information content (AvgIpc) is 2.67. The van der Waals surface area contributed by atoms with Gasteiger partial charge in [-0.15, -0.1) is 0 Å². The molecule has 4 nitrogen and oxygen atoms in total. The highest BCUT2D eigenvalue weighted by Crippen LogP contribution is 2.10. The van der Waals surface area contributed by atoms with Gasteiger partial charge in [0.2, 0.25) is 5.91 Å². The standard InChI is InChI=1S/C22H22N2O2/c23-22(25)21-8-4-3-7-20(21)6-2-1-5-18-9-11-19(12-10-18)17-24-13-15-26-16-14-24/h1,3-5,7-12H,13-17H2,(H2,23,25)/b5-1+. The number of morpholine rings is 1. The first kappa shape index (κ1) is 17.9. The molecule has 1 aliphatic rings. The number of hydrogen-bond acceptors (Lipinski definition) is 3.